The van der Waals surface area contributed by atoms with Crippen LogP contribution < -0.4 is 5.73 Å². The van der Waals surface area contributed by atoms with Gasteiger partial charge in [-0.25, -0.2) is 0 Å². The van der Waals surface area contributed by atoms with Crippen molar-refractivity contribution >= 4 is 24.5 Å². The van der Waals surface area contributed by atoms with Gasteiger partial charge in [-0.05, 0) is 24.3 Å². The molecule has 0 fully saturated rings. The molecule has 1 aromatic heterocycles. The van der Waals surface area contributed by atoms with Crippen molar-refractivity contribution in [2.75, 3.05) is 0 Å². The summed E-state index contributed by atoms with van der Waals surface area (Å²) in [6, 6.07) is 19.3. The Bertz CT molecular complexity index is 816. The number of carbonyl (C=O) groups is 1. The highest BCUT2D eigenvalue weighted by Crippen LogP contribution is 2.29. The van der Waals surface area contributed by atoms with Gasteiger partial charge in [0.15, 0.2) is 0 Å². The number of carbonyl (C=O) groups excluding carboxylic acids is 1. The monoisotopic (exact) mass is 381 g/mol. The topological polar surface area (TPSA) is 68.9 Å². The first-order chi connectivity index (χ1) is 12.2. The normalized spacial score (nSPS) is 10.6. The number of amides is 1. The van der Waals surface area contributed by atoms with Crippen LogP contribution >= 0.6 is 11.3 Å². The van der Waals surface area contributed by atoms with Crippen LogP contribution in [0.3, 0.4) is 0 Å². The number of nitrogens with zero attached hydrogens (tertiary/aromatic N) is 2. The fourth-order valence-electron chi connectivity index (χ4n) is 1.87. The van der Waals surface area contributed by atoms with E-state index >= 15 is 0 Å². The largest absolute Gasteiger partial charge is 0.673 e. The second-order valence-electron chi connectivity index (χ2n) is 4.85. The van der Waals surface area contributed by atoms with Gasteiger partial charge in [0, 0.05) is 0 Å². The fraction of sp³-hybridized carbons (Fsp3) is 0. The molecule has 1 amide bonds. The van der Waals surface area contributed by atoms with Gasteiger partial charge < -0.3 is 23.0 Å². The first kappa shape index (κ1) is 19.4. The van der Waals surface area contributed by atoms with Crippen LogP contribution in [0, 0.1) is 0 Å². The summed E-state index contributed by atoms with van der Waals surface area (Å²) in [7, 11) is -6.00. The Balaban J connectivity index is 0.000000431. The minimum Gasteiger partial charge on any atom is -0.418 e. The van der Waals surface area contributed by atoms with Crippen LogP contribution in [-0.2, 0) is 0 Å². The molecule has 0 saturated heterocycles. The molecule has 0 radical (unpaired) electrons. The van der Waals surface area contributed by atoms with Crippen LogP contribution in [0.5, 0.6) is 0 Å². The van der Waals surface area contributed by atoms with E-state index in [1.807, 2.05) is 60.7 Å². The van der Waals surface area contributed by atoms with Gasteiger partial charge in [0.1, 0.15) is 0 Å². The number of aromatic nitrogens is 2. The number of halogens is 4. The average Bonchev–Trinajstić information content (AvgIpc) is 2.61. The Hall–Kier alpha value is -2.88. The van der Waals surface area contributed by atoms with Gasteiger partial charge in [0.2, 0.25) is 5.82 Å². The summed E-state index contributed by atoms with van der Waals surface area (Å²) in [5.41, 5.74) is 7.22. The van der Waals surface area contributed by atoms with E-state index in [2.05, 4.69) is 9.97 Å². The maximum Gasteiger partial charge on any atom is 0.673 e. The van der Waals surface area contributed by atoms with Crippen molar-refractivity contribution < 1.29 is 22.1 Å². The molecule has 0 spiro atoms. The molecular weight excluding hydrogens is 369 g/mol. The molecule has 3 rings (SSSR count). The highest BCUT2D eigenvalue weighted by molar-refractivity contribution is 7.17. The van der Waals surface area contributed by atoms with Crippen LogP contribution in [-0.4, -0.2) is 23.1 Å². The molecule has 0 aliphatic rings. The number of hydrogen-bond donors (Lipinski definition) is 1. The zero-order valence-electron chi connectivity index (χ0n) is 13.2. The number of primary amides is 1. The van der Waals surface area contributed by atoms with Gasteiger partial charge in [-0.1, -0.05) is 36.4 Å². The predicted octanol–water partition coefficient (Wildman–Crippen LogP) is 4.55. The third-order valence-electron chi connectivity index (χ3n) is 2.87. The molecule has 3 aromatic rings. The summed E-state index contributed by atoms with van der Waals surface area (Å²) >= 11 is 1.43. The molecule has 134 valence electrons. The number of rotatable bonds is 3. The summed E-state index contributed by atoms with van der Waals surface area (Å²) in [5.74, 6) is -0.594. The molecule has 0 bridgehead atoms. The van der Waals surface area contributed by atoms with Crippen LogP contribution in [0.2, 0.25) is 0 Å². The lowest BCUT2D eigenvalue weighted by molar-refractivity contribution is 0.0991. The maximum absolute atomic E-state index is 11.5. The van der Waals surface area contributed by atoms with E-state index in [0.717, 1.165) is 21.1 Å². The van der Waals surface area contributed by atoms with E-state index in [9.17, 15) is 22.1 Å². The maximum atomic E-state index is 11.5. The highest BCUT2D eigenvalue weighted by Gasteiger charge is 2.23. The van der Waals surface area contributed by atoms with Crippen molar-refractivity contribution in [3.8, 4) is 21.1 Å². The van der Waals surface area contributed by atoms with Crippen LogP contribution in [0.15, 0.2) is 60.7 Å². The molecule has 0 aliphatic carbocycles. The smallest absolute Gasteiger partial charge is 0.418 e. The fourth-order valence-corrected chi connectivity index (χ4v) is 2.83. The Morgan fingerprint density at radius 3 is 1.46 bits per heavy atom. The van der Waals surface area contributed by atoms with Crippen molar-refractivity contribution in [3.05, 3.63) is 66.5 Å². The van der Waals surface area contributed by atoms with E-state index in [4.69, 9.17) is 5.73 Å². The Labute approximate surface area is 150 Å². The molecule has 0 saturated carbocycles. The quantitative estimate of drug-likeness (QED) is 0.411. The second kappa shape index (κ2) is 8.48. The first-order valence-electron chi connectivity index (χ1n) is 7.24. The summed E-state index contributed by atoms with van der Waals surface area (Å²) in [6.45, 7) is 0. The predicted molar refractivity (Wildman–Crippen MR) is 93.9 cm³/mol. The van der Waals surface area contributed by atoms with Crippen molar-refractivity contribution in [1.82, 2.24) is 9.97 Å². The van der Waals surface area contributed by atoms with Gasteiger partial charge in [0.25, 0.3) is 17.2 Å². The van der Waals surface area contributed by atoms with Gasteiger partial charge in [-0.3, -0.25) is 4.79 Å². The molecule has 0 aliphatic heterocycles. The van der Waals surface area contributed by atoms with E-state index in [1.54, 1.807) is 0 Å². The third kappa shape index (κ3) is 6.21. The lowest BCUT2D eigenvalue weighted by Crippen LogP contribution is -2.15. The number of hydrogen-bond acceptors (Lipinski definition) is 3. The van der Waals surface area contributed by atoms with Crippen molar-refractivity contribution in [2.45, 2.75) is 0 Å². The zero-order chi connectivity index (χ0) is 19.2. The van der Waals surface area contributed by atoms with Gasteiger partial charge in [-0.15, -0.1) is 0 Å². The molecule has 2 N–H and O–H groups in total. The Morgan fingerprint density at radius 1 is 0.808 bits per heavy atom. The standard InChI is InChI=1S/C16H11N3OS.BF4/c17-13(20)14-18-15(11-7-3-1-4-8-11)21-16(19-14)12-9-5-2-6-10-12;2-1(3,4)5/h1-10H,(H-,17,20);/q;-1/p+1. The summed E-state index contributed by atoms with van der Waals surface area (Å²) in [4.78, 5) is 20.0. The van der Waals surface area contributed by atoms with Gasteiger partial charge >= 0.3 is 17.3 Å². The Kier molecular flexibility index (Phi) is 6.34. The van der Waals surface area contributed by atoms with Crippen molar-refractivity contribution in [1.29, 1.82) is 0 Å². The van der Waals surface area contributed by atoms with Crippen LogP contribution in [0.4, 0.5) is 17.3 Å². The Morgan fingerprint density at radius 2 is 1.15 bits per heavy atom. The summed E-state index contributed by atoms with van der Waals surface area (Å²) < 4.78 is 39.0. The number of nitrogens with two attached hydrogens (primary N) is 1. The summed E-state index contributed by atoms with van der Waals surface area (Å²) in [6.07, 6.45) is 0. The third-order valence-corrected chi connectivity index (χ3v) is 3.91. The molecule has 10 heteroatoms. The molecule has 26 heavy (non-hydrogen) atoms. The molecule has 2 aromatic carbocycles. The van der Waals surface area contributed by atoms with Crippen molar-refractivity contribution in [3.63, 3.8) is 0 Å². The van der Waals surface area contributed by atoms with Crippen LogP contribution in [0.25, 0.3) is 21.1 Å². The van der Waals surface area contributed by atoms with Crippen molar-refractivity contribution in [2.24, 2.45) is 5.73 Å². The molecule has 0 unspecified atom stereocenters. The molecule has 1 heterocycles. The molecular formula is C16H12BF4N3OS. The highest BCUT2D eigenvalue weighted by atomic mass is 32.1. The minimum atomic E-state index is -6.00. The van der Waals surface area contributed by atoms with Gasteiger partial charge in [0.05, 0.1) is 11.1 Å². The lowest BCUT2D eigenvalue weighted by atomic mass is 10.2. The van der Waals surface area contributed by atoms with E-state index in [-0.39, 0.29) is 5.82 Å². The van der Waals surface area contributed by atoms with E-state index in [1.165, 1.54) is 11.3 Å². The van der Waals surface area contributed by atoms with Gasteiger partial charge in [-0.2, -0.15) is 9.97 Å². The molecule has 4 nitrogen and oxygen atoms in total. The first-order valence-corrected chi connectivity index (χ1v) is 8.06. The minimum absolute atomic E-state index is 0.0338. The molecule has 0 atom stereocenters. The lowest BCUT2D eigenvalue weighted by Gasteiger charge is -1.97. The second-order valence-corrected chi connectivity index (χ2v) is 5.83. The summed E-state index contributed by atoms with van der Waals surface area (Å²) in [5, 5.41) is 1.44. The van der Waals surface area contributed by atoms with Crippen LogP contribution in [0.1, 0.15) is 10.6 Å². The SMILES string of the molecule is F[B-](F)(F)F.NC(=O)c1nc(-c2ccccc2)[s+]c(-c2ccccc2)n1. The zero-order valence-corrected chi connectivity index (χ0v) is 14.0. The average molecular weight is 381 g/mol. The van der Waals surface area contributed by atoms with E-state index < -0.39 is 13.2 Å². The van der Waals surface area contributed by atoms with E-state index in [0.29, 0.717) is 0 Å². The number of benzene rings is 2.